The van der Waals surface area contributed by atoms with Gasteiger partial charge in [0.25, 0.3) is 5.91 Å². The second-order valence-corrected chi connectivity index (χ2v) is 6.66. The van der Waals surface area contributed by atoms with Gasteiger partial charge in [-0.25, -0.2) is 4.79 Å². The molecule has 4 heterocycles. The van der Waals surface area contributed by atoms with E-state index in [1.807, 2.05) is 0 Å². The zero-order chi connectivity index (χ0) is 16.5. The third-order valence-electron chi connectivity index (χ3n) is 5.11. The van der Waals surface area contributed by atoms with Crippen molar-refractivity contribution in [3.63, 3.8) is 0 Å². The first kappa shape index (κ1) is 15.2. The summed E-state index contributed by atoms with van der Waals surface area (Å²) in [5, 5.41) is 8.84. The average Bonchev–Trinajstić information content (AvgIpc) is 3.14. The van der Waals surface area contributed by atoms with Gasteiger partial charge in [0.2, 0.25) is 0 Å². The number of aromatic nitrogens is 5. The lowest BCUT2D eigenvalue weighted by molar-refractivity contribution is 0.0704. The number of piperidine rings is 1. The van der Waals surface area contributed by atoms with E-state index < -0.39 is 0 Å². The van der Waals surface area contributed by atoms with Crippen LogP contribution < -0.4 is 5.69 Å². The Morgan fingerprint density at radius 3 is 2.71 bits per heavy atom. The van der Waals surface area contributed by atoms with Crippen LogP contribution in [0.15, 0.2) is 11.0 Å². The molecule has 0 unspecified atom stereocenters. The minimum atomic E-state index is -0.348. The molecule has 1 saturated heterocycles. The SMILES string of the molecule is O=C(c1c[nH]c(=O)[nH]1)N1CCC(c2nnc3n2CCCCC3)CC1. The highest BCUT2D eigenvalue weighted by molar-refractivity contribution is 5.92. The Balaban J connectivity index is 1.44. The van der Waals surface area contributed by atoms with E-state index >= 15 is 0 Å². The van der Waals surface area contributed by atoms with Gasteiger partial charge in [0, 0.05) is 38.2 Å². The minimum Gasteiger partial charge on any atom is -0.337 e. The van der Waals surface area contributed by atoms with E-state index in [-0.39, 0.29) is 11.6 Å². The molecule has 1 amide bonds. The Labute approximate surface area is 139 Å². The lowest BCUT2D eigenvalue weighted by Gasteiger charge is -2.31. The van der Waals surface area contributed by atoms with E-state index in [1.165, 1.54) is 25.5 Å². The lowest BCUT2D eigenvalue weighted by Crippen LogP contribution is -2.38. The van der Waals surface area contributed by atoms with Gasteiger partial charge in [-0.05, 0) is 25.7 Å². The number of nitrogens with one attached hydrogen (secondary N) is 2. The predicted octanol–water partition coefficient (Wildman–Crippen LogP) is 1.04. The van der Waals surface area contributed by atoms with Crippen molar-refractivity contribution in [2.75, 3.05) is 13.1 Å². The largest absolute Gasteiger partial charge is 0.337 e. The van der Waals surface area contributed by atoms with Crippen LogP contribution in [0.5, 0.6) is 0 Å². The molecule has 0 aromatic carbocycles. The number of aryl methyl sites for hydroxylation is 1. The molecule has 2 N–H and O–H groups in total. The van der Waals surface area contributed by atoms with E-state index in [9.17, 15) is 9.59 Å². The first-order valence-corrected chi connectivity index (χ1v) is 8.71. The number of likely N-dealkylation sites (tertiary alicyclic amines) is 1. The number of aromatic amines is 2. The molecule has 128 valence electrons. The highest BCUT2D eigenvalue weighted by Crippen LogP contribution is 2.29. The molecule has 8 nitrogen and oxygen atoms in total. The average molecular weight is 330 g/mol. The molecule has 24 heavy (non-hydrogen) atoms. The van der Waals surface area contributed by atoms with Gasteiger partial charge in [-0.1, -0.05) is 6.42 Å². The number of rotatable bonds is 2. The highest BCUT2D eigenvalue weighted by Gasteiger charge is 2.29. The van der Waals surface area contributed by atoms with Crippen molar-refractivity contribution in [3.8, 4) is 0 Å². The van der Waals surface area contributed by atoms with E-state index in [0.29, 0.717) is 24.7 Å². The number of imidazole rings is 1. The fourth-order valence-electron chi connectivity index (χ4n) is 3.77. The van der Waals surface area contributed by atoms with Gasteiger partial charge >= 0.3 is 5.69 Å². The molecule has 0 aliphatic carbocycles. The molecule has 8 heteroatoms. The van der Waals surface area contributed by atoms with Crippen molar-refractivity contribution < 1.29 is 4.79 Å². The van der Waals surface area contributed by atoms with Gasteiger partial charge < -0.3 is 19.4 Å². The molecule has 2 aliphatic rings. The van der Waals surface area contributed by atoms with Crippen LogP contribution in [0, 0.1) is 0 Å². The summed E-state index contributed by atoms with van der Waals surface area (Å²) in [6.07, 6.45) is 7.87. The lowest BCUT2D eigenvalue weighted by atomic mass is 9.95. The Kier molecular flexibility index (Phi) is 3.95. The standard InChI is InChI=1S/C16H22N6O2/c23-15(12-10-17-16(24)18-12)21-8-5-11(6-9-21)14-20-19-13-4-2-1-3-7-22(13)14/h10-11H,1-9H2,(H2,17,18,24). The summed E-state index contributed by atoms with van der Waals surface area (Å²) < 4.78 is 2.30. The van der Waals surface area contributed by atoms with Crippen molar-refractivity contribution >= 4 is 5.91 Å². The highest BCUT2D eigenvalue weighted by atomic mass is 16.2. The number of carbonyl (C=O) groups excluding carboxylic acids is 1. The number of hydrogen-bond donors (Lipinski definition) is 2. The van der Waals surface area contributed by atoms with Crippen LogP contribution >= 0.6 is 0 Å². The van der Waals surface area contributed by atoms with Crippen LogP contribution in [-0.2, 0) is 13.0 Å². The number of hydrogen-bond acceptors (Lipinski definition) is 4. The Morgan fingerprint density at radius 2 is 1.96 bits per heavy atom. The van der Waals surface area contributed by atoms with Gasteiger partial charge in [0.15, 0.2) is 0 Å². The van der Waals surface area contributed by atoms with Crippen molar-refractivity contribution in [2.45, 2.75) is 51.0 Å². The first-order valence-electron chi connectivity index (χ1n) is 8.71. The topological polar surface area (TPSA) is 99.7 Å². The summed E-state index contributed by atoms with van der Waals surface area (Å²) in [5.41, 5.74) is -0.0193. The molecule has 0 saturated carbocycles. The third kappa shape index (κ3) is 2.76. The molecule has 0 bridgehead atoms. The molecule has 1 fully saturated rings. The molecule has 2 aromatic heterocycles. The Bertz CT molecular complexity index is 781. The summed E-state index contributed by atoms with van der Waals surface area (Å²) in [4.78, 5) is 30.3. The summed E-state index contributed by atoms with van der Waals surface area (Å²) in [6, 6.07) is 0. The smallest absolute Gasteiger partial charge is 0.323 e. The van der Waals surface area contributed by atoms with Crippen LogP contribution in [-0.4, -0.2) is 48.6 Å². The summed E-state index contributed by atoms with van der Waals surface area (Å²) in [6.45, 7) is 2.37. The fraction of sp³-hybridized carbons (Fsp3) is 0.625. The van der Waals surface area contributed by atoms with Gasteiger partial charge in [-0.2, -0.15) is 0 Å². The van der Waals surface area contributed by atoms with Crippen molar-refractivity contribution in [3.05, 3.63) is 34.0 Å². The molecule has 2 aromatic rings. The van der Waals surface area contributed by atoms with Crippen molar-refractivity contribution in [2.24, 2.45) is 0 Å². The number of carbonyl (C=O) groups is 1. The quantitative estimate of drug-likeness (QED) is 0.859. The van der Waals surface area contributed by atoms with Crippen LogP contribution in [0.1, 0.15) is 60.2 Å². The normalized spacial score (nSPS) is 19.1. The van der Waals surface area contributed by atoms with E-state index in [1.54, 1.807) is 4.90 Å². The predicted molar refractivity (Wildman–Crippen MR) is 86.9 cm³/mol. The van der Waals surface area contributed by atoms with E-state index in [4.69, 9.17) is 0 Å². The van der Waals surface area contributed by atoms with Crippen LogP contribution in [0.2, 0.25) is 0 Å². The Hall–Kier alpha value is -2.38. The maximum Gasteiger partial charge on any atom is 0.323 e. The molecule has 0 radical (unpaired) electrons. The summed E-state index contributed by atoms with van der Waals surface area (Å²) in [7, 11) is 0. The third-order valence-corrected chi connectivity index (χ3v) is 5.11. The van der Waals surface area contributed by atoms with Gasteiger partial charge in [0.1, 0.15) is 17.3 Å². The van der Waals surface area contributed by atoms with Gasteiger partial charge in [-0.15, -0.1) is 10.2 Å². The van der Waals surface area contributed by atoms with Crippen LogP contribution in [0.4, 0.5) is 0 Å². The number of fused-ring (bicyclic) bond motifs is 1. The molecule has 0 atom stereocenters. The molecular formula is C16H22N6O2. The molecular weight excluding hydrogens is 308 g/mol. The second-order valence-electron chi connectivity index (χ2n) is 6.66. The van der Waals surface area contributed by atoms with Crippen LogP contribution in [0.3, 0.4) is 0 Å². The fourth-order valence-corrected chi connectivity index (χ4v) is 3.77. The number of nitrogens with zero attached hydrogens (tertiary/aromatic N) is 4. The van der Waals surface area contributed by atoms with Crippen molar-refractivity contribution in [1.29, 1.82) is 0 Å². The zero-order valence-electron chi connectivity index (χ0n) is 13.6. The number of amides is 1. The minimum absolute atomic E-state index is 0.119. The van der Waals surface area contributed by atoms with E-state index in [2.05, 4.69) is 24.7 Å². The summed E-state index contributed by atoms with van der Waals surface area (Å²) >= 11 is 0. The van der Waals surface area contributed by atoms with E-state index in [0.717, 1.165) is 37.5 Å². The number of H-pyrrole nitrogens is 2. The summed E-state index contributed by atoms with van der Waals surface area (Å²) in [5.74, 6) is 2.45. The van der Waals surface area contributed by atoms with Gasteiger partial charge in [-0.3, -0.25) is 4.79 Å². The molecule has 2 aliphatic heterocycles. The maximum atomic E-state index is 12.4. The zero-order valence-corrected chi connectivity index (χ0v) is 13.6. The van der Waals surface area contributed by atoms with Gasteiger partial charge in [0.05, 0.1) is 0 Å². The molecule has 4 rings (SSSR count). The first-order chi connectivity index (χ1) is 11.7. The Morgan fingerprint density at radius 1 is 1.12 bits per heavy atom. The maximum absolute atomic E-state index is 12.4. The van der Waals surface area contributed by atoms with Crippen molar-refractivity contribution in [1.82, 2.24) is 29.6 Å². The van der Waals surface area contributed by atoms with Crippen LogP contribution in [0.25, 0.3) is 0 Å². The second kappa shape index (κ2) is 6.26. The monoisotopic (exact) mass is 330 g/mol. The molecule has 0 spiro atoms.